The van der Waals surface area contributed by atoms with Gasteiger partial charge in [-0.15, -0.1) is 68.0 Å². The number of aliphatic hydroxyl groups excluding tert-OH is 2. The number of carbonyl (C=O) groups is 6. The zero-order valence-corrected chi connectivity index (χ0v) is 52.5. The quantitative estimate of drug-likeness (QED) is 0.0557. The second-order valence-electron chi connectivity index (χ2n) is 20.8. The third kappa shape index (κ3) is 13.3. The summed E-state index contributed by atoms with van der Waals surface area (Å²) in [7, 11) is 0. The van der Waals surface area contributed by atoms with Crippen LogP contribution in [0, 0.1) is 12.8 Å². The fraction of sp³-hybridized carbons (Fsp3) is 0.305. The van der Waals surface area contributed by atoms with Gasteiger partial charge in [-0.05, 0) is 55.4 Å². The van der Waals surface area contributed by atoms with E-state index in [0.717, 1.165) is 53.6 Å². The number of likely N-dealkylation sites (N-methyl/N-ethyl adjacent to an activating group) is 1. The minimum atomic E-state index is -1.40. The molecule has 1 fully saturated rings. The van der Waals surface area contributed by atoms with Gasteiger partial charge in [0.2, 0.25) is 11.8 Å². The van der Waals surface area contributed by atoms with Crippen LogP contribution in [0.3, 0.4) is 0 Å². The van der Waals surface area contributed by atoms with E-state index < -0.39 is 84.2 Å². The van der Waals surface area contributed by atoms with Gasteiger partial charge in [0.15, 0.2) is 0 Å². The van der Waals surface area contributed by atoms with Gasteiger partial charge in [-0.2, -0.15) is 0 Å². The number of hydrogen-bond donors (Lipinski definition) is 7. The number of rotatable bonds is 14. The number of carbonyl (C=O) groups excluding carboxylic acids is 6. The van der Waals surface area contributed by atoms with Crippen LogP contribution in [0.1, 0.15) is 124 Å². The molecule has 7 atom stereocenters. The Kier molecular flexibility index (Phi) is 18.7. The number of aromatic nitrogens is 7. The number of pyridine rings is 1. The second kappa shape index (κ2) is 26.7. The first kappa shape index (κ1) is 61.5. The van der Waals surface area contributed by atoms with E-state index in [1.54, 1.807) is 65.0 Å². The van der Waals surface area contributed by atoms with Gasteiger partial charge < -0.3 is 52.2 Å². The van der Waals surface area contributed by atoms with Crippen LogP contribution in [0.25, 0.3) is 43.4 Å². The van der Waals surface area contributed by atoms with Crippen LogP contribution in [0.5, 0.6) is 5.75 Å². The molecule has 2 aliphatic heterocycles. The summed E-state index contributed by atoms with van der Waals surface area (Å²) in [5.41, 5.74) is 14.5. The van der Waals surface area contributed by atoms with Crippen molar-refractivity contribution in [3.63, 3.8) is 0 Å². The Morgan fingerprint density at radius 1 is 0.693 bits per heavy atom. The summed E-state index contributed by atoms with van der Waals surface area (Å²) in [6.07, 6.45) is -2.73. The van der Waals surface area contributed by atoms with Gasteiger partial charge in [0.25, 0.3) is 23.6 Å². The number of aliphatic hydroxyl groups is 2. The smallest absolute Gasteiger partial charge is 0.271 e. The molecule has 6 amide bonds. The lowest BCUT2D eigenvalue weighted by molar-refractivity contribution is -0.134. The van der Waals surface area contributed by atoms with Crippen molar-refractivity contribution in [3.05, 3.63) is 147 Å². The van der Waals surface area contributed by atoms with Gasteiger partial charge in [0.05, 0.1) is 30.3 Å². The highest BCUT2D eigenvalue weighted by Gasteiger charge is 2.45. The van der Waals surface area contributed by atoms with Crippen molar-refractivity contribution in [2.45, 2.75) is 76.9 Å². The Bertz CT molecular complexity index is 4050. The van der Waals surface area contributed by atoms with Crippen LogP contribution in [0.15, 0.2) is 93.6 Å². The van der Waals surface area contributed by atoms with Crippen LogP contribution in [0.4, 0.5) is 0 Å². The van der Waals surface area contributed by atoms with Crippen molar-refractivity contribution >= 4 is 103 Å². The van der Waals surface area contributed by atoms with Gasteiger partial charge in [-0.3, -0.25) is 28.8 Å². The summed E-state index contributed by atoms with van der Waals surface area (Å²) in [6, 6.07) is 15.0. The molecule has 10 bridgehead atoms. The SMILES string of the molecule is CCN(CC)CCOc1ccc(C[C@@H]2NC(=O)c3csc(n3)[C@H]([C@H](O)c3ccccc3)NC(=O)c3nc(sc3C)[C@H](CC(N)=O)NC(=O)c3csc(n3)-c3ccc(-c4nc(C(N)=O)cs4)nc3-c3csc(n3)-c3csc(n3)[C@H]3[C@@H](C)[C@@H](O)CN3C2=O)cc1. The molecule has 0 saturated carbocycles. The summed E-state index contributed by atoms with van der Waals surface area (Å²) in [6.45, 7) is 10.6. The number of amides is 6. The molecule has 0 spiro atoms. The Hall–Kier alpha value is -8.13. The highest BCUT2D eigenvalue weighted by Crippen LogP contribution is 2.43. The first-order valence-corrected chi connectivity index (χ1v) is 33.1. The lowest BCUT2D eigenvalue weighted by Crippen LogP contribution is -2.50. The number of fused-ring (bicyclic) bond motifs is 16. The molecule has 1 saturated heterocycles. The number of nitrogens with two attached hydrogens (primary N) is 2. The molecule has 2 aliphatic rings. The average molecular weight is 1300 g/mol. The Morgan fingerprint density at radius 2 is 1.34 bits per heavy atom. The Labute approximate surface area is 528 Å². The van der Waals surface area contributed by atoms with Gasteiger partial charge in [0.1, 0.15) is 100 Å². The van der Waals surface area contributed by atoms with Gasteiger partial charge in [-0.1, -0.05) is 63.2 Å². The number of benzene rings is 2. The molecule has 9 heterocycles. The second-order valence-corrected chi connectivity index (χ2v) is 26.4. The molecule has 9 N–H and O–H groups in total. The van der Waals surface area contributed by atoms with E-state index in [0.29, 0.717) is 76.7 Å². The third-order valence-corrected chi connectivity index (χ3v) is 20.6. The fourth-order valence-corrected chi connectivity index (χ4v) is 15.5. The number of ether oxygens (including phenoxy) is 1. The minimum Gasteiger partial charge on any atom is -0.492 e. The Morgan fingerprint density at radius 3 is 2.07 bits per heavy atom. The normalized spacial score (nSPS) is 19.4. The van der Waals surface area contributed by atoms with Crippen molar-refractivity contribution in [2.24, 2.45) is 17.4 Å². The first-order chi connectivity index (χ1) is 42.4. The maximum absolute atomic E-state index is 15.4. The lowest BCUT2D eigenvalue weighted by Gasteiger charge is -2.29. The molecule has 88 heavy (non-hydrogen) atoms. The van der Waals surface area contributed by atoms with Crippen molar-refractivity contribution in [2.75, 3.05) is 32.8 Å². The lowest BCUT2D eigenvalue weighted by atomic mass is 10.00. The molecule has 7 aromatic heterocycles. The molecule has 23 nitrogen and oxygen atoms in total. The summed E-state index contributed by atoms with van der Waals surface area (Å²) in [5.74, 6) is -3.95. The highest BCUT2D eigenvalue weighted by atomic mass is 32.1. The van der Waals surface area contributed by atoms with Crippen LogP contribution in [0.2, 0.25) is 0 Å². The molecule has 29 heteroatoms. The zero-order valence-electron chi connectivity index (χ0n) is 47.6. The van der Waals surface area contributed by atoms with E-state index in [1.165, 1.54) is 44.8 Å². The molecule has 0 aliphatic carbocycles. The van der Waals surface area contributed by atoms with Crippen molar-refractivity contribution < 1.29 is 43.7 Å². The predicted molar refractivity (Wildman–Crippen MR) is 336 cm³/mol. The number of nitrogens with one attached hydrogen (secondary N) is 3. The highest BCUT2D eigenvalue weighted by molar-refractivity contribution is 7.15. The largest absolute Gasteiger partial charge is 0.492 e. The summed E-state index contributed by atoms with van der Waals surface area (Å²) >= 11 is 6.97. The van der Waals surface area contributed by atoms with E-state index >= 15 is 4.79 Å². The topological polar surface area (TPSA) is 337 Å². The van der Waals surface area contributed by atoms with Gasteiger partial charge >= 0.3 is 0 Å². The molecule has 0 unspecified atom stereocenters. The minimum absolute atomic E-state index is 0.0138. The monoisotopic (exact) mass is 1300 g/mol. The molecule has 9 aromatic rings. The molecule has 11 rings (SSSR count). The molecule has 2 aromatic carbocycles. The van der Waals surface area contributed by atoms with E-state index in [2.05, 4.69) is 49.6 Å². The number of hydrogen-bond acceptors (Lipinski definition) is 23. The number of aryl methyl sites for hydroxylation is 1. The first-order valence-electron chi connectivity index (χ1n) is 27.9. The molecule has 454 valence electrons. The van der Waals surface area contributed by atoms with E-state index in [1.807, 2.05) is 36.6 Å². The fourth-order valence-electron chi connectivity index (χ4n) is 10.2. The van der Waals surface area contributed by atoms with E-state index in [9.17, 15) is 34.2 Å². The van der Waals surface area contributed by atoms with Crippen LogP contribution >= 0.6 is 68.0 Å². The maximum atomic E-state index is 15.4. The third-order valence-electron chi connectivity index (χ3n) is 15.0. The van der Waals surface area contributed by atoms with Crippen molar-refractivity contribution in [3.8, 4) is 49.1 Å². The maximum Gasteiger partial charge on any atom is 0.271 e. The summed E-state index contributed by atoms with van der Waals surface area (Å²) < 4.78 is 6.07. The van der Waals surface area contributed by atoms with Crippen molar-refractivity contribution in [1.82, 2.24) is 60.6 Å². The molecular weight excluding hydrogens is 1240 g/mol. The number of primary amides is 2. The van der Waals surface area contributed by atoms with Crippen LogP contribution in [-0.2, 0) is 16.0 Å². The van der Waals surface area contributed by atoms with Gasteiger partial charge in [-0.25, -0.2) is 34.9 Å². The van der Waals surface area contributed by atoms with E-state index in [-0.39, 0.29) is 45.8 Å². The van der Waals surface area contributed by atoms with Crippen molar-refractivity contribution in [1.29, 1.82) is 0 Å². The van der Waals surface area contributed by atoms with Crippen LogP contribution in [-0.4, -0.2) is 135 Å². The zero-order chi connectivity index (χ0) is 61.9. The molecule has 0 radical (unpaired) electrons. The summed E-state index contributed by atoms with van der Waals surface area (Å²) in [4.78, 5) is 121. The van der Waals surface area contributed by atoms with Crippen LogP contribution < -0.4 is 32.2 Å². The van der Waals surface area contributed by atoms with E-state index in [4.69, 9.17) is 36.1 Å². The predicted octanol–water partition coefficient (Wildman–Crippen LogP) is 7.40. The standard InChI is InChI=1S/C59H58N14O9S6/c1-5-72(6-2)18-19-82-32-14-12-30(13-15-32)20-36-59(81)73-22-42(74)28(3)47(73)58-69-41(27-87-58)55-65-37(23-84-55)45-33(16-17-34(62-45)54-66-38(24-85-54)49(61)77)53-67-39(25-83-53)50(78)63-35(21-43(60)75)56-71-44(29(4)88-56)52(80)70-46(48(76)31-10-8-7-9-11-31)57-68-40(26-86-57)51(79)64-36/h7-17,23-28,35-36,42,46-48,74,76H,5-6,18-22H2,1-4H3,(H2,60,75)(H2,61,77)(H,63,78)(H,64,79)(H,70,80)/t28-,35-,36-,42-,46-,47+,48+/m0/s1. The molecular formula is C59H58N14O9S6. The number of thiazole rings is 6. The summed E-state index contributed by atoms with van der Waals surface area (Å²) in [5, 5.41) is 42.7. The Balaban J connectivity index is 0.998. The average Bonchev–Trinajstić information content (AvgIpc) is 3.06. The number of nitrogens with zero attached hydrogens (tertiary/aromatic N) is 9. The van der Waals surface area contributed by atoms with Gasteiger partial charge in [0, 0.05) is 62.8 Å².